The van der Waals surface area contributed by atoms with Crippen LogP contribution >= 0.6 is 0 Å². The first kappa shape index (κ1) is 18.0. The summed E-state index contributed by atoms with van der Waals surface area (Å²) >= 11 is 0. The van der Waals surface area contributed by atoms with Crippen LogP contribution in [-0.2, 0) is 6.54 Å². The minimum atomic E-state index is 0.837. The molecule has 0 bridgehead atoms. The molecule has 0 saturated carbocycles. The SMILES string of the molecule is Cc1ccccc1OCCCC[NH+]1CC[NH+](Cc2ccccc2)CC1. The van der Waals surface area contributed by atoms with Crippen molar-refractivity contribution in [2.45, 2.75) is 26.3 Å². The lowest BCUT2D eigenvalue weighted by molar-refractivity contribution is -1.02. The van der Waals surface area contributed by atoms with Crippen LogP contribution in [0.4, 0.5) is 0 Å². The highest BCUT2D eigenvalue weighted by Gasteiger charge is 2.22. The first-order chi connectivity index (χ1) is 12.3. The van der Waals surface area contributed by atoms with Crippen LogP contribution in [0.15, 0.2) is 54.6 Å². The smallest absolute Gasteiger partial charge is 0.127 e. The second-order valence-electron chi connectivity index (χ2n) is 7.23. The van der Waals surface area contributed by atoms with Crippen LogP contribution in [0.5, 0.6) is 5.75 Å². The van der Waals surface area contributed by atoms with E-state index in [0.29, 0.717) is 0 Å². The zero-order valence-electron chi connectivity index (χ0n) is 15.5. The molecule has 1 aliphatic heterocycles. The number of nitrogens with one attached hydrogen (secondary N) is 2. The van der Waals surface area contributed by atoms with Crippen LogP contribution in [-0.4, -0.2) is 39.3 Å². The monoisotopic (exact) mass is 340 g/mol. The molecule has 1 saturated heterocycles. The van der Waals surface area contributed by atoms with E-state index >= 15 is 0 Å². The van der Waals surface area contributed by atoms with E-state index in [1.54, 1.807) is 9.80 Å². The fourth-order valence-corrected chi connectivity index (χ4v) is 3.65. The van der Waals surface area contributed by atoms with Crippen LogP contribution < -0.4 is 14.5 Å². The molecule has 1 aliphatic rings. The van der Waals surface area contributed by atoms with Crippen LogP contribution in [0.1, 0.15) is 24.0 Å². The van der Waals surface area contributed by atoms with Crippen LogP contribution in [0.2, 0.25) is 0 Å². The molecule has 0 aromatic heterocycles. The van der Waals surface area contributed by atoms with E-state index in [1.807, 2.05) is 6.07 Å². The lowest BCUT2D eigenvalue weighted by Gasteiger charge is -2.29. The minimum Gasteiger partial charge on any atom is -0.493 e. The summed E-state index contributed by atoms with van der Waals surface area (Å²) in [5, 5.41) is 0. The normalized spacial score (nSPS) is 20.4. The Bertz CT molecular complexity index is 621. The third kappa shape index (κ3) is 5.87. The Morgan fingerprint density at radius 1 is 0.800 bits per heavy atom. The van der Waals surface area contributed by atoms with Gasteiger partial charge >= 0.3 is 0 Å². The summed E-state index contributed by atoms with van der Waals surface area (Å²) in [4.78, 5) is 3.51. The molecule has 0 amide bonds. The number of ether oxygens (including phenoxy) is 1. The van der Waals surface area contributed by atoms with Crippen molar-refractivity contribution in [2.24, 2.45) is 0 Å². The van der Waals surface area contributed by atoms with Crippen molar-refractivity contribution < 1.29 is 14.5 Å². The van der Waals surface area contributed by atoms with Gasteiger partial charge in [-0.25, -0.2) is 0 Å². The molecule has 134 valence electrons. The average molecular weight is 341 g/mol. The van der Waals surface area contributed by atoms with E-state index < -0.39 is 0 Å². The predicted molar refractivity (Wildman–Crippen MR) is 102 cm³/mol. The Kier molecular flexibility index (Phi) is 6.89. The van der Waals surface area contributed by atoms with Crippen molar-refractivity contribution in [1.29, 1.82) is 0 Å². The van der Waals surface area contributed by atoms with Gasteiger partial charge in [0, 0.05) is 5.56 Å². The van der Waals surface area contributed by atoms with Crippen molar-refractivity contribution in [3.8, 4) is 5.75 Å². The quantitative estimate of drug-likeness (QED) is 0.690. The summed E-state index contributed by atoms with van der Waals surface area (Å²) in [6, 6.07) is 19.2. The van der Waals surface area contributed by atoms with E-state index in [-0.39, 0.29) is 0 Å². The third-order valence-corrected chi connectivity index (χ3v) is 5.24. The van der Waals surface area contributed by atoms with Gasteiger partial charge in [-0.05, 0) is 31.4 Å². The number of unbranched alkanes of at least 4 members (excludes halogenated alkanes) is 1. The third-order valence-electron chi connectivity index (χ3n) is 5.24. The lowest BCUT2D eigenvalue weighted by Crippen LogP contribution is -3.27. The maximum absolute atomic E-state index is 5.90. The molecule has 3 heteroatoms. The summed E-state index contributed by atoms with van der Waals surface area (Å²) in [5.74, 6) is 1.04. The number of hydrogen-bond donors (Lipinski definition) is 2. The minimum absolute atomic E-state index is 0.837. The van der Waals surface area contributed by atoms with Gasteiger partial charge in [-0.3, -0.25) is 0 Å². The number of aryl methyl sites for hydroxylation is 1. The number of benzene rings is 2. The summed E-state index contributed by atoms with van der Waals surface area (Å²) in [6.45, 7) is 10.6. The van der Waals surface area contributed by atoms with Gasteiger partial charge in [0.2, 0.25) is 0 Å². The maximum atomic E-state index is 5.90. The fraction of sp³-hybridized carbons (Fsp3) is 0.455. The van der Waals surface area contributed by atoms with Gasteiger partial charge in [-0.1, -0.05) is 48.5 Å². The molecule has 2 N–H and O–H groups in total. The summed E-state index contributed by atoms with van der Waals surface area (Å²) in [7, 11) is 0. The highest BCUT2D eigenvalue weighted by atomic mass is 16.5. The van der Waals surface area contributed by atoms with Crippen molar-refractivity contribution in [3.05, 3.63) is 65.7 Å². The van der Waals surface area contributed by atoms with Crippen molar-refractivity contribution >= 4 is 0 Å². The molecule has 0 radical (unpaired) electrons. The number of quaternary nitrogens is 2. The highest BCUT2D eigenvalue weighted by Crippen LogP contribution is 2.16. The van der Waals surface area contributed by atoms with Gasteiger partial charge in [-0.2, -0.15) is 0 Å². The molecule has 2 aromatic carbocycles. The van der Waals surface area contributed by atoms with Crippen LogP contribution in [0.25, 0.3) is 0 Å². The first-order valence-corrected chi connectivity index (χ1v) is 9.71. The Morgan fingerprint density at radius 3 is 2.24 bits per heavy atom. The van der Waals surface area contributed by atoms with E-state index in [4.69, 9.17) is 4.74 Å². The molecule has 0 unspecified atom stereocenters. The second-order valence-corrected chi connectivity index (χ2v) is 7.23. The summed E-state index contributed by atoms with van der Waals surface area (Å²) in [6.07, 6.45) is 2.41. The molecule has 1 fully saturated rings. The average Bonchev–Trinajstić information content (AvgIpc) is 2.65. The molecule has 0 spiro atoms. The highest BCUT2D eigenvalue weighted by molar-refractivity contribution is 5.31. The number of rotatable bonds is 8. The van der Waals surface area contributed by atoms with Crippen LogP contribution in [0, 0.1) is 6.92 Å². The molecule has 25 heavy (non-hydrogen) atoms. The van der Waals surface area contributed by atoms with Gasteiger partial charge in [-0.15, -0.1) is 0 Å². The maximum Gasteiger partial charge on any atom is 0.127 e. The fourth-order valence-electron chi connectivity index (χ4n) is 3.65. The number of para-hydroxylation sites is 1. The van der Waals surface area contributed by atoms with Gasteiger partial charge in [0.25, 0.3) is 0 Å². The molecule has 0 aliphatic carbocycles. The molecule has 1 heterocycles. The number of hydrogen-bond acceptors (Lipinski definition) is 1. The number of piperazine rings is 1. The lowest BCUT2D eigenvalue weighted by atomic mass is 10.2. The van der Waals surface area contributed by atoms with E-state index in [9.17, 15) is 0 Å². The Balaban J connectivity index is 1.27. The molecule has 2 aromatic rings. The second kappa shape index (κ2) is 9.59. The standard InChI is InChI=1S/C22H30N2O/c1-20-9-5-6-12-22(20)25-18-8-7-13-23-14-16-24(17-15-23)19-21-10-3-2-4-11-21/h2-6,9-12H,7-8,13-19H2,1H3/p+2. The van der Waals surface area contributed by atoms with Gasteiger partial charge in [0.05, 0.1) is 13.2 Å². The van der Waals surface area contributed by atoms with Crippen LogP contribution in [0.3, 0.4) is 0 Å². The molecular formula is C22H32N2O+2. The van der Waals surface area contributed by atoms with E-state index in [0.717, 1.165) is 18.8 Å². The van der Waals surface area contributed by atoms with Gasteiger partial charge < -0.3 is 14.5 Å². The van der Waals surface area contributed by atoms with Gasteiger partial charge in [0.15, 0.2) is 0 Å². The predicted octanol–water partition coefficient (Wildman–Crippen LogP) is 1.14. The summed E-state index contributed by atoms with van der Waals surface area (Å²) in [5.41, 5.74) is 2.69. The van der Waals surface area contributed by atoms with Gasteiger partial charge in [0.1, 0.15) is 38.5 Å². The molecular weight excluding hydrogens is 308 g/mol. The zero-order valence-corrected chi connectivity index (χ0v) is 15.5. The zero-order chi connectivity index (χ0) is 17.3. The largest absolute Gasteiger partial charge is 0.493 e. The first-order valence-electron chi connectivity index (χ1n) is 9.71. The molecule has 0 atom stereocenters. The molecule has 3 nitrogen and oxygen atoms in total. The van der Waals surface area contributed by atoms with Crippen molar-refractivity contribution in [3.63, 3.8) is 0 Å². The topological polar surface area (TPSA) is 18.1 Å². The Hall–Kier alpha value is -1.84. The van der Waals surface area contributed by atoms with E-state index in [1.165, 1.54) is 56.8 Å². The van der Waals surface area contributed by atoms with Crippen molar-refractivity contribution in [1.82, 2.24) is 0 Å². The molecule has 3 rings (SSSR count). The van der Waals surface area contributed by atoms with E-state index in [2.05, 4.69) is 55.5 Å². The summed E-state index contributed by atoms with van der Waals surface area (Å²) < 4.78 is 5.90. The Morgan fingerprint density at radius 2 is 1.48 bits per heavy atom. The Labute approximate surface area is 152 Å². The van der Waals surface area contributed by atoms with Crippen molar-refractivity contribution in [2.75, 3.05) is 39.3 Å².